The summed E-state index contributed by atoms with van der Waals surface area (Å²) in [4.78, 5) is 94.6. The van der Waals surface area contributed by atoms with Crippen molar-refractivity contribution in [2.75, 3.05) is 20.2 Å². The number of aliphatic hydroxyl groups is 2. The first kappa shape index (κ1) is 62.3. The van der Waals surface area contributed by atoms with E-state index in [1.54, 1.807) is 104 Å². The second kappa shape index (κ2) is 24.2. The highest BCUT2D eigenvalue weighted by molar-refractivity contribution is 5.72. The molecule has 0 radical (unpaired) electrons. The first-order valence-corrected chi connectivity index (χ1v) is 24.3. The monoisotopic (exact) mass is 1050 g/mol. The van der Waals surface area contributed by atoms with Gasteiger partial charge in [0, 0.05) is 27.4 Å². The van der Waals surface area contributed by atoms with Gasteiger partial charge >= 0.3 is 42.4 Å². The van der Waals surface area contributed by atoms with Crippen LogP contribution >= 0.6 is 0 Å². The average molecular weight is 1050 g/mol. The Labute approximate surface area is 428 Å². The smallest absolute Gasteiger partial charge is 0.410 e. The third kappa shape index (κ3) is 20.4. The van der Waals surface area contributed by atoms with Gasteiger partial charge in [-0.1, -0.05) is 0 Å². The number of hydrogen-bond acceptors (Lipinski definition) is 20. The maximum Gasteiger partial charge on any atom is 0.410 e. The van der Waals surface area contributed by atoms with E-state index in [1.165, 1.54) is 14.0 Å². The lowest BCUT2D eigenvalue weighted by molar-refractivity contribution is -0.321. The lowest BCUT2D eigenvalue weighted by atomic mass is 9.80. The fourth-order valence-electron chi connectivity index (χ4n) is 8.09. The molecule has 0 aromatic carbocycles. The molecule has 5 unspecified atom stereocenters. The minimum absolute atomic E-state index is 0.121. The molecule has 2 saturated heterocycles. The number of likely N-dealkylation sites (N-methyl/N-ethyl adjacent to an activating group) is 1. The van der Waals surface area contributed by atoms with Crippen LogP contribution in [0.15, 0.2) is 0 Å². The van der Waals surface area contributed by atoms with Gasteiger partial charge in [-0.25, -0.2) is 24.0 Å². The van der Waals surface area contributed by atoms with Crippen LogP contribution in [0.4, 0.5) is 24.0 Å². The van der Waals surface area contributed by atoms with Crippen molar-refractivity contribution in [3.63, 3.8) is 0 Å². The molecule has 6 N–H and O–H groups in total. The minimum Gasteiger partial charge on any atom is -0.458 e. The maximum atomic E-state index is 13.9. The first-order valence-electron chi connectivity index (χ1n) is 24.3. The number of nitrogens with one attached hydrogen (secondary N) is 4. The number of nitrogens with zero attached hydrogens (tertiary/aromatic N) is 1. The maximum absolute atomic E-state index is 13.9. The van der Waals surface area contributed by atoms with Crippen molar-refractivity contribution in [2.24, 2.45) is 0 Å². The highest BCUT2D eigenvalue weighted by atomic mass is 16.7. The SMILES string of the molecule is CC(=O)OC1[C@H](NC(=O)OC(C)(C)C)C(O[C@@H]2O[C@H](CNC(=O)OC(C)(C)C)CCC2NC(=O)OC(C)(C)C)C(O)[C@H](O[C@@H]2OC[C@](C)(O)[C@H](N(C)C(=O)OC(C)(C)C)C2OC(C)=O)[C@@H]1NC(=O)OC(C)(C)C. The van der Waals surface area contributed by atoms with E-state index < -0.39 is 156 Å². The number of alkyl carbamates (subject to hydrolysis) is 4. The zero-order valence-electron chi connectivity index (χ0n) is 45.9. The van der Waals surface area contributed by atoms with Crippen LogP contribution in [0.3, 0.4) is 0 Å². The highest BCUT2D eigenvalue weighted by Gasteiger charge is 2.60. The normalized spacial score (nSPS) is 30.0. The molecule has 5 amide bonds. The largest absolute Gasteiger partial charge is 0.458 e. The quantitative estimate of drug-likeness (QED) is 0.119. The number of carbonyl (C=O) groups is 7. The number of amides is 5. The van der Waals surface area contributed by atoms with Crippen molar-refractivity contribution < 1.29 is 95.9 Å². The van der Waals surface area contributed by atoms with Crippen LogP contribution in [-0.4, -0.2) is 185 Å². The number of aliphatic hydroxyl groups excluding tert-OH is 1. The molecule has 0 spiro atoms. The van der Waals surface area contributed by atoms with Gasteiger partial charge in [0.05, 0.1) is 18.8 Å². The third-order valence-corrected chi connectivity index (χ3v) is 10.5. The number of rotatable bonds is 12. The van der Waals surface area contributed by atoms with Crippen LogP contribution in [0.2, 0.25) is 0 Å². The van der Waals surface area contributed by atoms with Crippen LogP contribution in [0.1, 0.15) is 137 Å². The number of esters is 2. The van der Waals surface area contributed by atoms with Crippen molar-refractivity contribution in [1.29, 1.82) is 0 Å². The van der Waals surface area contributed by atoms with Gasteiger partial charge in [-0.15, -0.1) is 0 Å². The van der Waals surface area contributed by atoms with Gasteiger partial charge in [0.25, 0.3) is 0 Å². The van der Waals surface area contributed by atoms with E-state index >= 15 is 0 Å². The fraction of sp³-hybridized carbons (Fsp3) is 0.854. The molecule has 420 valence electrons. The second-order valence-electron chi connectivity index (χ2n) is 23.6. The van der Waals surface area contributed by atoms with Crippen molar-refractivity contribution in [2.45, 2.75) is 244 Å². The molecule has 2 aliphatic heterocycles. The molecule has 25 nitrogen and oxygen atoms in total. The van der Waals surface area contributed by atoms with Gasteiger partial charge in [0.2, 0.25) is 0 Å². The lowest BCUT2D eigenvalue weighted by Crippen LogP contribution is -2.76. The Kier molecular flexibility index (Phi) is 20.6. The van der Waals surface area contributed by atoms with Gasteiger partial charge in [0.1, 0.15) is 76.1 Å². The predicted molar refractivity (Wildman–Crippen MR) is 257 cm³/mol. The molecule has 2 heterocycles. The molecule has 25 heteroatoms. The van der Waals surface area contributed by atoms with E-state index in [4.69, 9.17) is 52.1 Å². The summed E-state index contributed by atoms with van der Waals surface area (Å²) in [5, 5.41) is 35.3. The zero-order chi connectivity index (χ0) is 56.0. The van der Waals surface area contributed by atoms with Crippen molar-refractivity contribution in [1.82, 2.24) is 26.2 Å². The van der Waals surface area contributed by atoms with Gasteiger partial charge in [-0.05, 0) is 124 Å². The minimum atomic E-state index is -2.08. The Balaban J connectivity index is 2.33. The molecular formula is C48H83N5O20. The molecular weight excluding hydrogens is 967 g/mol. The van der Waals surface area contributed by atoms with Crippen LogP contribution < -0.4 is 21.3 Å². The summed E-state index contributed by atoms with van der Waals surface area (Å²) in [6.07, 6.45) is -17.9. The number of ether oxygens (including phenoxy) is 11. The highest BCUT2D eigenvalue weighted by Crippen LogP contribution is 2.37. The molecule has 3 fully saturated rings. The summed E-state index contributed by atoms with van der Waals surface area (Å²) in [7, 11) is 1.30. The Morgan fingerprint density at radius 3 is 1.44 bits per heavy atom. The zero-order valence-corrected chi connectivity index (χ0v) is 45.9. The van der Waals surface area contributed by atoms with E-state index in [2.05, 4.69) is 21.3 Å². The fourth-order valence-corrected chi connectivity index (χ4v) is 8.09. The molecule has 13 atom stereocenters. The van der Waals surface area contributed by atoms with Gasteiger partial charge < -0.3 is 88.5 Å². The Hall–Kier alpha value is -4.95. The molecule has 3 aliphatic rings. The standard InChI is InChI=1S/C48H83N5O20/c1-24(54)64-31-28(51-40(59)71-45(9,10)11)32(67-36-27(50-39(58)70-44(6,7)8)21-20-26(66-36)22-49-38(57)69-43(3,4)5)30(56)33(29(31)52-41(60)72-46(12,13)14)68-37-34(65-25(2)55)35(48(18,62)23-63-37)53(19)42(61)73-47(15,16)17/h26-37,56,62H,20-23H2,1-19H3,(H,49,57)(H,50,58)(H,51,59)(H,52,60)/t26-,27?,28-,29+,30?,31?,32?,33+,34?,35+,36-,37-,48-/m0/s1. The summed E-state index contributed by atoms with van der Waals surface area (Å²) in [5.41, 5.74) is -6.98. The Bertz CT molecular complexity index is 1930. The van der Waals surface area contributed by atoms with Crippen LogP contribution in [0.25, 0.3) is 0 Å². The Morgan fingerprint density at radius 1 is 0.589 bits per heavy atom. The average Bonchev–Trinajstić information content (AvgIpc) is 3.15. The molecule has 0 aromatic heterocycles. The van der Waals surface area contributed by atoms with Gasteiger partial charge in [-0.2, -0.15) is 0 Å². The van der Waals surface area contributed by atoms with E-state index in [9.17, 15) is 43.8 Å². The van der Waals surface area contributed by atoms with Gasteiger partial charge in [0.15, 0.2) is 18.7 Å². The predicted octanol–water partition coefficient (Wildman–Crippen LogP) is 4.05. The second-order valence-corrected chi connectivity index (χ2v) is 23.6. The molecule has 0 bridgehead atoms. The summed E-state index contributed by atoms with van der Waals surface area (Å²) in [6.45, 7) is 27.1. The van der Waals surface area contributed by atoms with Crippen molar-refractivity contribution >= 4 is 42.4 Å². The van der Waals surface area contributed by atoms with Crippen LogP contribution in [-0.2, 0) is 61.7 Å². The van der Waals surface area contributed by atoms with Crippen LogP contribution in [0.5, 0.6) is 0 Å². The summed E-state index contributed by atoms with van der Waals surface area (Å²) in [5.74, 6) is -1.87. The summed E-state index contributed by atoms with van der Waals surface area (Å²) >= 11 is 0. The first-order chi connectivity index (χ1) is 33.0. The Morgan fingerprint density at radius 2 is 1.00 bits per heavy atom. The lowest BCUT2D eigenvalue weighted by Gasteiger charge is -2.52. The molecule has 1 aliphatic carbocycles. The third-order valence-electron chi connectivity index (χ3n) is 10.5. The molecule has 73 heavy (non-hydrogen) atoms. The molecule has 3 rings (SSSR count). The molecule has 1 saturated carbocycles. The summed E-state index contributed by atoms with van der Waals surface area (Å²) < 4.78 is 65.1. The topological polar surface area (TPSA) is 313 Å². The molecule has 0 aromatic rings. The number of carbonyl (C=O) groups excluding carboxylic acids is 7. The summed E-state index contributed by atoms with van der Waals surface area (Å²) in [6, 6.07) is -5.95. The van der Waals surface area contributed by atoms with Crippen molar-refractivity contribution in [3.05, 3.63) is 0 Å². The van der Waals surface area contributed by atoms with E-state index in [1.807, 2.05) is 0 Å². The van der Waals surface area contributed by atoms with E-state index in [0.29, 0.717) is 0 Å². The van der Waals surface area contributed by atoms with E-state index in [0.717, 1.165) is 18.7 Å². The van der Waals surface area contributed by atoms with E-state index in [-0.39, 0.29) is 19.4 Å². The number of hydrogen-bond donors (Lipinski definition) is 6. The van der Waals surface area contributed by atoms with Crippen molar-refractivity contribution in [3.8, 4) is 0 Å². The van der Waals surface area contributed by atoms with Crippen LogP contribution in [0, 0.1) is 0 Å². The van der Waals surface area contributed by atoms with Gasteiger partial charge in [-0.3, -0.25) is 9.59 Å².